The molecule has 6 rings (SSSR count). The quantitative estimate of drug-likeness (QED) is 0.725. The second-order valence-electron chi connectivity index (χ2n) is 8.53. The van der Waals surface area contributed by atoms with Gasteiger partial charge in [0.15, 0.2) is 5.72 Å². The lowest BCUT2D eigenvalue weighted by Crippen LogP contribution is -2.47. The second-order valence-corrected chi connectivity index (χ2v) is 8.96. The molecule has 2 saturated heterocycles. The van der Waals surface area contributed by atoms with Crippen molar-refractivity contribution in [2.45, 2.75) is 37.2 Å². The third-order valence-corrected chi connectivity index (χ3v) is 6.93. The summed E-state index contributed by atoms with van der Waals surface area (Å²) in [6, 6.07) is 13.9. The summed E-state index contributed by atoms with van der Waals surface area (Å²) in [6.45, 7) is 3.40. The summed E-state index contributed by atoms with van der Waals surface area (Å²) in [5.41, 5.74) is 8.68. The number of hydrogen-bond acceptors (Lipinski definition) is 6. The Bertz CT molecular complexity index is 1090. The van der Waals surface area contributed by atoms with Gasteiger partial charge in [-0.3, -0.25) is 5.32 Å². The highest BCUT2D eigenvalue weighted by atomic mass is 35.5. The van der Waals surface area contributed by atoms with Gasteiger partial charge in [0.1, 0.15) is 17.6 Å². The van der Waals surface area contributed by atoms with E-state index in [1.54, 1.807) is 0 Å². The molecule has 154 valence electrons. The zero-order valence-electron chi connectivity index (χ0n) is 16.7. The standard InChI is InChI=1S/C23H23ClN4O2/c1-13-20(25)27-22(26-13)18-11-15(14-4-2-6-17(24)10-14)7-8-19(18)30-23(21(22)28-23)16-5-3-9-29-12-16/h2,4,6-8,10-11,16,21,28H,3,5,9,12H2,1H3,(H2,25,27). The summed E-state index contributed by atoms with van der Waals surface area (Å²) in [5, 5.41) is 4.31. The monoisotopic (exact) mass is 422 g/mol. The van der Waals surface area contributed by atoms with Crippen LogP contribution in [0.5, 0.6) is 5.75 Å². The number of hydrogen-bond donors (Lipinski definition) is 2. The molecule has 4 aliphatic heterocycles. The third-order valence-electron chi connectivity index (χ3n) is 6.70. The molecule has 4 atom stereocenters. The van der Waals surface area contributed by atoms with E-state index in [9.17, 15) is 0 Å². The first-order valence-electron chi connectivity index (χ1n) is 10.4. The van der Waals surface area contributed by atoms with Crippen LogP contribution < -0.4 is 15.8 Å². The number of benzene rings is 2. The molecule has 2 aromatic carbocycles. The zero-order valence-corrected chi connectivity index (χ0v) is 17.4. The predicted octanol–water partition coefficient (Wildman–Crippen LogP) is 3.48. The Balaban J connectivity index is 1.50. The van der Waals surface area contributed by atoms with Crippen LogP contribution in [-0.2, 0) is 10.4 Å². The topological polar surface area (TPSA) is 91.1 Å². The van der Waals surface area contributed by atoms with Gasteiger partial charge in [-0.25, -0.2) is 9.98 Å². The summed E-state index contributed by atoms with van der Waals surface area (Å²) >= 11 is 6.22. The molecule has 6 nitrogen and oxygen atoms in total. The summed E-state index contributed by atoms with van der Waals surface area (Å²) < 4.78 is 12.4. The van der Waals surface area contributed by atoms with Gasteiger partial charge < -0.3 is 15.2 Å². The molecule has 1 spiro atoms. The molecule has 4 aliphatic rings. The molecule has 4 heterocycles. The molecule has 30 heavy (non-hydrogen) atoms. The molecule has 0 bridgehead atoms. The van der Waals surface area contributed by atoms with Crippen molar-refractivity contribution in [1.29, 1.82) is 0 Å². The lowest BCUT2D eigenvalue weighted by Gasteiger charge is -2.38. The molecule has 0 aromatic heterocycles. The van der Waals surface area contributed by atoms with E-state index in [4.69, 9.17) is 36.8 Å². The van der Waals surface area contributed by atoms with E-state index in [1.165, 1.54) is 0 Å². The molecule has 0 radical (unpaired) electrons. The number of halogens is 1. The van der Waals surface area contributed by atoms with Crippen molar-refractivity contribution < 1.29 is 9.47 Å². The predicted molar refractivity (Wildman–Crippen MR) is 117 cm³/mol. The zero-order chi connectivity index (χ0) is 20.5. The van der Waals surface area contributed by atoms with Crippen LogP contribution in [0.15, 0.2) is 52.4 Å². The highest BCUT2D eigenvalue weighted by molar-refractivity contribution is 6.41. The van der Waals surface area contributed by atoms with Gasteiger partial charge in [-0.15, -0.1) is 0 Å². The van der Waals surface area contributed by atoms with Crippen LogP contribution in [0.1, 0.15) is 25.3 Å². The number of fused-ring (bicyclic) bond motifs is 4. The Kier molecular flexibility index (Phi) is 3.85. The molecule has 0 aliphatic carbocycles. The summed E-state index contributed by atoms with van der Waals surface area (Å²) in [6.07, 6.45) is 2.09. The van der Waals surface area contributed by atoms with Crippen molar-refractivity contribution in [1.82, 2.24) is 5.32 Å². The van der Waals surface area contributed by atoms with Crippen LogP contribution in [0.3, 0.4) is 0 Å². The minimum atomic E-state index is -0.812. The van der Waals surface area contributed by atoms with Gasteiger partial charge in [0.05, 0.1) is 12.3 Å². The van der Waals surface area contributed by atoms with Crippen LogP contribution >= 0.6 is 11.6 Å². The van der Waals surface area contributed by atoms with E-state index >= 15 is 0 Å². The maximum atomic E-state index is 6.61. The number of ether oxygens (including phenoxy) is 2. The molecule has 7 heteroatoms. The largest absolute Gasteiger partial charge is 0.470 e. The van der Waals surface area contributed by atoms with E-state index in [1.807, 2.05) is 37.3 Å². The summed E-state index contributed by atoms with van der Waals surface area (Å²) in [7, 11) is 0. The fourth-order valence-corrected chi connectivity index (χ4v) is 5.32. The highest BCUT2D eigenvalue weighted by Gasteiger charge is 2.74. The number of nitrogens with zero attached hydrogens (tertiary/aromatic N) is 2. The molecular weight excluding hydrogens is 400 g/mol. The van der Waals surface area contributed by atoms with Crippen LogP contribution in [0.25, 0.3) is 11.1 Å². The number of amidine groups is 1. The minimum absolute atomic E-state index is 0.0742. The molecule has 2 fully saturated rings. The first-order chi connectivity index (χ1) is 14.5. The van der Waals surface area contributed by atoms with E-state index in [0.717, 1.165) is 47.6 Å². The Morgan fingerprint density at radius 3 is 2.77 bits per heavy atom. The van der Waals surface area contributed by atoms with E-state index < -0.39 is 11.4 Å². The minimum Gasteiger partial charge on any atom is -0.470 e. The number of aliphatic imine (C=N–C) groups is 2. The smallest absolute Gasteiger partial charge is 0.202 e. The average Bonchev–Trinajstić information content (AvgIpc) is 3.43. The van der Waals surface area contributed by atoms with Crippen LogP contribution in [-0.4, -0.2) is 36.5 Å². The van der Waals surface area contributed by atoms with Gasteiger partial charge in [-0.1, -0.05) is 29.8 Å². The van der Waals surface area contributed by atoms with Gasteiger partial charge in [-0.05, 0) is 55.2 Å². The van der Waals surface area contributed by atoms with Gasteiger partial charge in [0.25, 0.3) is 0 Å². The van der Waals surface area contributed by atoms with Crippen LogP contribution in [0.4, 0.5) is 0 Å². The molecular formula is C23H23ClN4O2. The van der Waals surface area contributed by atoms with Gasteiger partial charge in [-0.2, -0.15) is 0 Å². The second kappa shape index (κ2) is 6.30. The van der Waals surface area contributed by atoms with Crippen molar-refractivity contribution in [3.8, 4) is 16.9 Å². The van der Waals surface area contributed by atoms with Crippen molar-refractivity contribution in [2.24, 2.45) is 21.6 Å². The Hall–Kier alpha value is -2.41. The maximum Gasteiger partial charge on any atom is 0.202 e. The van der Waals surface area contributed by atoms with Crippen LogP contribution in [0.2, 0.25) is 5.02 Å². The lowest BCUT2D eigenvalue weighted by atomic mass is 9.83. The van der Waals surface area contributed by atoms with Gasteiger partial charge in [0, 0.05) is 23.1 Å². The number of rotatable bonds is 2. The van der Waals surface area contributed by atoms with Crippen molar-refractivity contribution >= 4 is 23.1 Å². The summed E-state index contributed by atoms with van der Waals surface area (Å²) in [5.74, 6) is 1.53. The molecule has 0 saturated carbocycles. The van der Waals surface area contributed by atoms with Crippen molar-refractivity contribution in [3.05, 3.63) is 53.1 Å². The first kappa shape index (κ1) is 18.4. The molecule has 4 unspecified atom stereocenters. The van der Waals surface area contributed by atoms with Gasteiger partial charge >= 0.3 is 0 Å². The Morgan fingerprint density at radius 1 is 1.17 bits per heavy atom. The fourth-order valence-electron chi connectivity index (χ4n) is 5.13. The molecule has 0 amide bonds. The lowest BCUT2D eigenvalue weighted by molar-refractivity contribution is -0.0255. The Morgan fingerprint density at radius 2 is 2.03 bits per heavy atom. The third kappa shape index (κ3) is 2.51. The van der Waals surface area contributed by atoms with Crippen molar-refractivity contribution in [2.75, 3.05) is 13.2 Å². The number of nitrogens with one attached hydrogen (secondary N) is 1. The number of nitrogens with two attached hydrogens (primary N) is 1. The fraction of sp³-hybridized carbons (Fsp3) is 0.391. The van der Waals surface area contributed by atoms with E-state index in [2.05, 4.69) is 17.4 Å². The SMILES string of the molecule is CC1=NC2(N=C1N)c1cc(-c3cccc(Cl)c3)ccc1OC1(C3CCCOC3)NC21. The van der Waals surface area contributed by atoms with Crippen molar-refractivity contribution in [3.63, 3.8) is 0 Å². The first-order valence-corrected chi connectivity index (χ1v) is 10.8. The van der Waals surface area contributed by atoms with Crippen LogP contribution in [0, 0.1) is 5.92 Å². The molecule has 3 N–H and O–H groups in total. The average molecular weight is 423 g/mol. The van der Waals surface area contributed by atoms with E-state index in [-0.39, 0.29) is 12.0 Å². The summed E-state index contributed by atoms with van der Waals surface area (Å²) in [4.78, 5) is 9.89. The Labute approximate surface area is 180 Å². The van der Waals surface area contributed by atoms with Gasteiger partial charge in [0.2, 0.25) is 5.66 Å². The maximum absolute atomic E-state index is 6.61. The normalized spacial score (nSPS) is 33.9. The highest BCUT2D eigenvalue weighted by Crippen LogP contribution is 2.58. The van der Waals surface area contributed by atoms with E-state index in [0.29, 0.717) is 17.5 Å². The molecule has 2 aromatic rings.